The molecule has 0 aliphatic heterocycles. The largest absolute Gasteiger partial charge is 0.424 e. The van der Waals surface area contributed by atoms with E-state index in [0.717, 1.165) is 23.4 Å². The second-order valence-corrected chi connectivity index (χ2v) is 7.97. The summed E-state index contributed by atoms with van der Waals surface area (Å²) in [6.45, 7) is 3.81. The molecule has 7 heteroatoms. The van der Waals surface area contributed by atoms with Crippen LogP contribution in [0.3, 0.4) is 0 Å². The molecule has 0 bridgehead atoms. The highest BCUT2D eigenvalue weighted by Gasteiger charge is 2.18. The minimum Gasteiger partial charge on any atom is -0.415 e. The molecule has 0 N–H and O–H groups in total. The average Bonchev–Trinajstić information content (AvgIpc) is 2.86. The Morgan fingerprint density at radius 1 is 1.04 bits per heavy atom. The number of hydrogen-bond donors (Lipinski definition) is 0. The van der Waals surface area contributed by atoms with Gasteiger partial charge in [-0.15, -0.1) is 0 Å². The van der Waals surface area contributed by atoms with E-state index in [9.17, 15) is 17.6 Å². The summed E-state index contributed by atoms with van der Waals surface area (Å²) in [5.74, 6) is -1.48. The van der Waals surface area contributed by atoms with E-state index in [0.29, 0.717) is 16.9 Å². The van der Waals surface area contributed by atoms with E-state index in [2.05, 4.69) is 0 Å². The van der Waals surface area contributed by atoms with Crippen LogP contribution in [0, 0.1) is 19.7 Å². The Balaban J connectivity index is 2.21. The Bertz CT molecular complexity index is 1110. The Hall–Kier alpha value is -2.67. The van der Waals surface area contributed by atoms with Gasteiger partial charge in [-0.25, -0.2) is 22.2 Å². The predicted octanol–water partition coefficient (Wildman–Crippen LogP) is 3.26. The van der Waals surface area contributed by atoms with Crippen molar-refractivity contribution in [3.63, 3.8) is 0 Å². The first-order chi connectivity index (χ1) is 11.7. The summed E-state index contributed by atoms with van der Waals surface area (Å²) in [5.41, 5.74) is 3.21. The Kier molecular flexibility index (Phi) is 4.12. The number of oxazole rings is 1. The maximum atomic E-state index is 14.2. The highest BCUT2D eigenvalue weighted by molar-refractivity contribution is 7.90. The van der Waals surface area contributed by atoms with Gasteiger partial charge < -0.3 is 4.42 Å². The second-order valence-electron chi connectivity index (χ2n) is 5.99. The number of halogens is 1. The third-order valence-corrected chi connectivity index (χ3v) is 4.92. The molecule has 0 aliphatic carbocycles. The molecule has 0 aliphatic rings. The fourth-order valence-electron chi connectivity index (χ4n) is 2.79. The molecule has 2 aromatic carbocycles. The zero-order chi connectivity index (χ0) is 18.4. The lowest BCUT2D eigenvalue weighted by atomic mass is 10.1. The molecule has 0 spiro atoms. The predicted molar refractivity (Wildman–Crippen MR) is 92.3 cm³/mol. The van der Waals surface area contributed by atoms with Gasteiger partial charge in [-0.2, -0.15) is 0 Å². The standard InChI is InChI=1S/C18H16FNO4S/c1-11-6-12(2)8-14(7-11)20-16(10-24-18(20)21)13-4-5-17(15(19)9-13)25(3,22)23/h4-10H,1-3H3. The second kappa shape index (κ2) is 6.00. The molecule has 0 fully saturated rings. The summed E-state index contributed by atoms with van der Waals surface area (Å²) >= 11 is 0. The summed E-state index contributed by atoms with van der Waals surface area (Å²) in [6.07, 6.45) is 2.17. The number of nitrogens with zero attached hydrogens (tertiary/aromatic N) is 1. The summed E-state index contributed by atoms with van der Waals surface area (Å²) in [5, 5.41) is 0. The maximum Gasteiger partial charge on any atom is 0.424 e. The smallest absolute Gasteiger partial charge is 0.415 e. The van der Waals surface area contributed by atoms with E-state index in [4.69, 9.17) is 4.42 Å². The highest BCUT2D eigenvalue weighted by Crippen LogP contribution is 2.26. The lowest BCUT2D eigenvalue weighted by molar-refractivity contribution is 0.504. The molecular formula is C18H16FNO4S. The van der Waals surface area contributed by atoms with E-state index < -0.39 is 21.4 Å². The molecule has 0 saturated heterocycles. The van der Waals surface area contributed by atoms with Crippen molar-refractivity contribution in [2.24, 2.45) is 0 Å². The van der Waals surface area contributed by atoms with Crippen LogP contribution in [-0.2, 0) is 9.84 Å². The van der Waals surface area contributed by atoms with Gasteiger partial charge in [0.25, 0.3) is 0 Å². The molecule has 0 radical (unpaired) electrons. The van der Waals surface area contributed by atoms with Gasteiger partial charge >= 0.3 is 5.76 Å². The number of aromatic nitrogens is 1. The first kappa shape index (κ1) is 17.2. The van der Waals surface area contributed by atoms with Crippen LogP contribution in [0.2, 0.25) is 0 Å². The number of hydrogen-bond acceptors (Lipinski definition) is 4. The molecule has 3 aromatic rings. The summed E-state index contributed by atoms with van der Waals surface area (Å²) in [4.78, 5) is 11.8. The molecule has 0 unspecified atom stereocenters. The van der Waals surface area contributed by atoms with Gasteiger partial charge in [-0.05, 0) is 49.2 Å². The van der Waals surface area contributed by atoms with E-state index in [1.54, 1.807) is 0 Å². The van der Waals surface area contributed by atoms with Crippen molar-refractivity contribution >= 4 is 9.84 Å². The minimum absolute atomic E-state index is 0.342. The van der Waals surface area contributed by atoms with Crippen LogP contribution in [0.4, 0.5) is 4.39 Å². The van der Waals surface area contributed by atoms with Gasteiger partial charge in [0.2, 0.25) is 0 Å². The molecular weight excluding hydrogens is 345 g/mol. The SMILES string of the molecule is Cc1cc(C)cc(-n2c(-c3ccc(S(C)(=O)=O)c(F)c3)coc2=O)c1. The highest BCUT2D eigenvalue weighted by atomic mass is 32.2. The van der Waals surface area contributed by atoms with Gasteiger partial charge in [0.1, 0.15) is 17.0 Å². The Morgan fingerprint density at radius 2 is 1.68 bits per heavy atom. The van der Waals surface area contributed by atoms with Gasteiger partial charge in [0.15, 0.2) is 9.84 Å². The number of aryl methyl sites for hydroxylation is 2. The lowest BCUT2D eigenvalue weighted by Crippen LogP contribution is -2.13. The van der Waals surface area contributed by atoms with E-state index >= 15 is 0 Å². The molecule has 1 aromatic heterocycles. The van der Waals surface area contributed by atoms with Crippen molar-refractivity contribution in [1.29, 1.82) is 0 Å². The van der Waals surface area contributed by atoms with Crippen LogP contribution in [0.25, 0.3) is 16.9 Å². The molecule has 0 atom stereocenters. The van der Waals surface area contributed by atoms with E-state index in [1.807, 2.05) is 32.0 Å². The van der Waals surface area contributed by atoms with E-state index in [-0.39, 0.29) is 4.90 Å². The molecule has 0 saturated carbocycles. The molecule has 130 valence electrons. The third kappa shape index (κ3) is 3.28. The van der Waals surface area contributed by atoms with Crippen molar-refractivity contribution in [2.45, 2.75) is 18.7 Å². The first-order valence-corrected chi connectivity index (χ1v) is 9.35. The van der Waals surface area contributed by atoms with Gasteiger partial charge in [-0.1, -0.05) is 12.1 Å². The normalized spacial score (nSPS) is 11.7. The zero-order valence-corrected chi connectivity index (χ0v) is 14.7. The maximum absolute atomic E-state index is 14.2. The van der Waals surface area contributed by atoms with Gasteiger partial charge in [-0.3, -0.25) is 0 Å². The summed E-state index contributed by atoms with van der Waals surface area (Å²) < 4.78 is 43.6. The third-order valence-electron chi connectivity index (χ3n) is 3.79. The lowest BCUT2D eigenvalue weighted by Gasteiger charge is -2.09. The monoisotopic (exact) mass is 361 g/mol. The molecule has 0 amide bonds. The van der Waals surface area contributed by atoms with Crippen molar-refractivity contribution in [3.05, 3.63) is 70.2 Å². The summed E-state index contributed by atoms with van der Waals surface area (Å²) in [7, 11) is -3.67. The van der Waals surface area contributed by atoms with Gasteiger partial charge in [0.05, 0.1) is 11.4 Å². The van der Waals surface area contributed by atoms with Crippen LogP contribution in [-0.4, -0.2) is 19.2 Å². The fourth-order valence-corrected chi connectivity index (χ4v) is 3.52. The Morgan fingerprint density at radius 3 is 2.24 bits per heavy atom. The number of sulfone groups is 1. The number of benzene rings is 2. The van der Waals surface area contributed by atoms with Crippen molar-refractivity contribution in [1.82, 2.24) is 4.57 Å². The van der Waals surface area contributed by atoms with Crippen molar-refractivity contribution < 1.29 is 17.2 Å². The first-order valence-electron chi connectivity index (χ1n) is 7.46. The average molecular weight is 361 g/mol. The van der Waals surface area contributed by atoms with Crippen molar-refractivity contribution in [3.8, 4) is 16.9 Å². The molecule has 25 heavy (non-hydrogen) atoms. The molecule has 3 rings (SSSR count). The van der Waals surface area contributed by atoms with Gasteiger partial charge in [0, 0.05) is 11.8 Å². The molecule has 5 nitrogen and oxygen atoms in total. The zero-order valence-electron chi connectivity index (χ0n) is 13.9. The van der Waals surface area contributed by atoms with Crippen LogP contribution >= 0.6 is 0 Å². The summed E-state index contributed by atoms with van der Waals surface area (Å²) in [6, 6.07) is 9.31. The quantitative estimate of drug-likeness (QED) is 0.718. The van der Waals surface area contributed by atoms with Crippen LogP contribution in [0.5, 0.6) is 0 Å². The minimum atomic E-state index is -3.67. The topological polar surface area (TPSA) is 69.3 Å². The fraction of sp³-hybridized carbons (Fsp3) is 0.167. The Labute approximate surface area is 144 Å². The van der Waals surface area contributed by atoms with Crippen LogP contribution < -0.4 is 5.76 Å². The van der Waals surface area contributed by atoms with E-state index in [1.165, 1.54) is 23.0 Å². The van der Waals surface area contributed by atoms with Crippen molar-refractivity contribution in [2.75, 3.05) is 6.26 Å². The number of rotatable bonds is 3. The molecule has 1 heterocycles. The van der Waals surface area contributed by atoms with Crippen LogP contribution in [0.15, 0.2) is 56.8 Å². The van der Waals surface area contributed by atoms with Crippen LogP contribution in [0.1, 0.15) is 11.1 Å².